The van der Waals surface area contributed by atoms with Gasteiger partial charge in [-0.05, 0) is 26.8 Å². The van der Waals surface area contributed by atoms with Crippen molar-refractivity contribution < 1.29 is 9.59 Å². The van der Waals surface area contributed by atoms with Gasteiger partial charge >= 0.3 is 0 Å². The smallest absolute Gasteiger partial charge is 0.259 e. The molecule has 2 atom stereocenters. The molecule has 8 heteroatoms. The minimum Gasteiger partial charge on any atom is -0.370 e. The van der Waals surface area contributed by atoms with Crippen LogP contribution < -0.4 is 16.8 Å². The van der Waals surface area contributed by atoms with Crippen LogP contribution >= 0.6 is 0 Å². The molecular weight excluding hydrogens is 260 g/mol. The number of nitrogens with one attached hydrogen (secondary N) is 1. The Bertz CT molecular complexity index is 447. The van der Waals surface area contributed by atoms with Crippen LogP contribution in [0.5, 0.6) is 0 Å². The number of hydrazine groups is 1. The van der Waals surface area contributed by atoms with Crippen LogP contribution in [0, 0.1) is 0 Å². The molecule has 5 N–H and O–H groups in total. The maximum atomic E-state index is 12.7. The number of guanidine groups is 1. The molecule has 112 valence electrons. The molecule has 0 radical (unpaired) electrons. The van der Waals surface area contributed by atoms with Gasteiger partial charge < -0.3 is 16.8 Å². The van der Waals surface area contributed by atoms with Crippen LogP contribution in [0.2, 0.25) is 0 Å². The quantitative estimate of drug-likeness (QED) is 0.398. The number of amides is 1. The lowest BCUT2D eigenvalue weighted by Crippen LogP contribution is -2.54. The van der Waals surface area contributed by atoms with Crippen LogP contribution in [0.1, 0.15) is 19.8 Å². The van der Waals surface area contributed by atoms with Crippen LogP contribution in [0.4, 0.5) is 0 Å². The summed E-state index contributed by atoms with van der Waals surface area (Å²) in [7, 11) is 1.75. The van der Waals surface area contributed by atoms with Gasteiger partial charge in [0, 0.05) is 19.6 Å². The molecule has 2 aliphatic heterocycles. The summed E-state index contributed by atoms with van der Waals surface area (Å²) in [6.07, 6.45) is 1.20. The number of hydrogen-bond acceptors (Lipinski definition) is 5. The van der Waals surface area contributed by atoms with Crippen LogP contribution in [-0.2, 0) is 9.59 Å². The topological polar surface area (TPSA) is 117 Å². The van der Waals surface area contributed by atoms with Crippen molar-refractivity contribution in [1.82, 2.24) is 15.3 Å². The zero-order chi connectivity index (χ0) is 14.9. The number of Topliss-reactive ketones (excluding diaryl/α,β-unsaturated/α-hetero) is 1. The van der Waals surface area contributed by atoms with E-state index in [0.29, 0.717) is 25.9 Å². The van der Waals surface area contributed by atoms with Crippen molar-refractivity contribution in [3.63, 3.8) is 0 Å². The molecule has 0 aromatic rings. The van der Waals surface area contributed by atoms with E-state index in [2.05, 4.69) is 10.3 Å². The molecule has 2 heterocycles. The predicted molar refractivity (Wildman–Crippen MR) is 74.6 cm³/mol. The molecule has 2 saturated heterocycles. The molecule has 20 heavy (non-hydrogen) atoms. The fraction of sp³-hybridized carbons (Fsp3) is 0.750. The number of aliphatic imine (C=N–C) groups is 1. The fourth-order valence-corrected chi connectivity index (χ4v) is 2.97. The highest BCUT2D eigenvalue weighted by molar-refractivity contribution is 5.94. The molecule has 0 aromatic carbocycles. The van der Waals surface area contributed by atoms with Crippen LogP contribution in [0.3, 0.4) is 0 Å². The number of fused-ring (bicyclic) bond motifs is 1. The maximum Gasteiger partial charge on any atom is 0.259 e. The molecule has 0 aliphatic carbocycles. The summed E-state index contributed by atoms with van der Waals surface area (Å²) in [5.41, 5.74) is 9.90. The first-order valence-corrected chi connectivity index (χ1v) is 6.74. The Hall–Kier alpha value is -1.67. The molecule has 0 spiro atoms. The summed E-state index contributed by atoms with van der Waals surface area (Å²) in [6.45, 7) is 3.18. The maximum absolute atomic E-state index is 12.7. The summed E-state index contributed by atoms with van der Waals surface area (Å²) in [5.74, 6) is -0.0235. The van der Waals surface area contributed by atoms with Crippen molar-refractivity contribution >= 4 is 17.6 Å². The number of rotatable bonds is 5. The van der Waals surface area contributed by atoms with Crippen molar-refractivity contribution in [3.8, 4) is 0 Å². The van der Waals surface area contributed by atoms with E-state index in [9.17, 15) is 9.59 Å². The number of carbonyl (C=O) groups excluding carboxylic acids is 2. The SMILES string of the molecule is CNC1(CCN=C(N)N)CN2CCC(C(C)=O)N2C1=O. The van der Waals surface area contributed by atoms with Gasteiger partial charge in [0.1, 0.15) is 11.6 Å². The Labute approximate surface area is 118 Å². The number of nitrogens with zero attached hydrogens (tertiary/aromatic N) is 3. The third-order valence-corrected chi connectivity index (χ3v) is 4.11. The van der Waals surface area contributed by atoms with Crippen LogP contribution in [-0.4, -0.2) is 65.9 Å². The van der Waals surface area contributed by atoms with E-state index in [1.165, 1.54) is 6.92 Å². The number of hydrogen-bond donors (Lipinski definition) is 3. The number of likely N-dealkylation sites (N-methyl/N-ethyl adjacent to an activating group) is 1. The second-order valence-corrected chi connectivity index (χ2v) is 5.34. The van der Waals surface area contributed by atoms with Crippen molar-refractivity contribution in [2.75, 3.05) is 26.7 Å². The molecule has 0 aromatic heterocycles. The van der Waals surface area contributed by atoms with Gasteiger partial charge in [0.2, 0.25) is 0 Å². The Balaban J connectivity index is 2.15. The molecular formula is C12H22N6O2. The molecule has 2 unspecified atom stereocenters. The molecule has 2 rings (SSSR count). The van der Waals surface area contributed by atoms with E-state index in [1.54, 1.807) is 12.1 Å². The summed E-state index contributed by atoms with van der Waals surface area (Å²) in [5, 5.41) is 6.64. The third-order valence-electron chi connectivity index (χ3n) is 4.11. The lowest BCUT2D eigenvalue weighted by Gasteiger charge is -2.27. The Kier molecular flexibility index (Phi) is 3.96. The number of carbonyl (C=O) groups is 2. The fourth-order valence-electron chi connectivity index (χ4n) is 2.97. The summed E-state index contributed by atoms with van der Waals surface area (Å²) in [4.78, 5) is 28.3. The van der Waals surface area contributed by atoms with Crippen molar-refractivity contribution in [2.45, 2.75) is 31.3 Å². The average Bonchev–Trinajstić information content (AvgIpc) is 2.89. The van der Waals surface area contributed by atoms with Gasteiger partial charge in [-0.2, -0.15) is 0 Å². The predicted octanol–water partition coefficient (Wildman–Crippen LogP) is -1.97. The Morgan fingerprint density at radius 1 is 1.55 bits per heavy atom. The van der Waals surface area contributed by atoms with Crippen molar-refractivity contribution in [1.29, 1.82) is 0 Å². The molecule has 1 amide bonds. The van der Waals surface area contributed by atoms with Gasteiger partial charge in [0.15, 0.2) is 11.7 Å². The van der Waals surface area contributed by atoms with E-state index in [1.807, 2.05) is 5.01 Å². The molecule has 2 aliphatic rings. The van der Waals surface area contributed by atoms with E-state index in [0.717, 1.165) is 6.54 Å². The molecule has 0 bridgehead atoms. The van der Waals surface area contributed by atoms with E-state index >= 15 is 0 Å². The van der Waals surface area contributed by atoms with Gasteiger partial charge in [-0.25, -0.2) is 5.01 Å². The van der Waals surface area contributed by atoms with Crippen molar-refractivity contribution in [2.24, 2.45) is 16.5 Å². The van der Waals surface area contributed by atoms with E-state index in [4.69, 9.17) is 11.5 Å². The minimum absolute atomic E-state index is 0.0177. The zero-order valence-electron chi connectivity index (χ0n) is 11.9. The molecule has 8 nitrogen and oxygen atoms in total. The standard InChI is InChI=1S/C12H22N6O2/c1-8(19)9-3-6-17-7-12(15-2,10(20)18(9)17)4-5-16-11(13)14/h9,15H,3-7H2,1-2H3,(H4,13,14,16). The Morgan fingerprint density at radius 2 is 2.25 bits per heavy atom. The number of ketones is 1. The second kappa shape index (κ2) is 5.37. The first-order chi connectivity index (χ1) is 9.41. The highest BCUT2D eigenvalue weighted by atomic mass is 16.2. The first kappa shape index (κ1) is 14.7. The van der Waals surface area contributed by atoms with Crippen LogP contribution in [0.15, 0.2) is 4.99 Å². The normalized spacial score (nSPS) is 29.6. The van der Waals surface area contributed by atoms with Gasteiger partial charge in [0.05, 0.1) is 0 Å². The average molecular weight is 282 g/mol. The third kappa shape index (κ3) is 2.36. The van der Waals surface area contributed by atoms with E-state index in [-0.39, 0.29) is 23.7 Å². The Morgan fingerprint density at radius 3 is 2.80 bits per heavy atom. The lowest BCUT2D eigenvalue weighted by atomic mass is 9.94. The highest BCUT2D eigenvalue weighted by Crippen LogP contribution is 2.32. The summed E-state index contributed by atoms with van der Waals surface area (Å²) >= 11 is 0. The van der Waals surface area contributed by atoms with Gasteiger partial charge in [-0.1, -0.05) is 0 Å². The lowest BCUT2D eigenvalue weighted by molar-refractivity contribution is -0.145. The molecule has 2 fully saturated rings. The summed E-state index contributed by atoms with van der Waals surface area (Å²) < 4.78 is 0. The largest absolute Gasteiger partial charge is 0.370 e. The summed E-state index contributed by atoms with van der Waals surface area (Å²) in [6, 6.07) is -0.333. The second-order valence-electron chi connectivity index (χ2n) is 5.34. The van der Waals surface area contributed by atoms with Gasteiger partial charge in [0.25, 0.3) is 5.91 Å². The first-order valence-electron chi connectivity index (χ1n) is 6.74. The van der Waals surface area contributed by atoms with E-state index < -0.39 is 5.54 Å². The van der Waals surface area contributed by atoms with Crippen LogP contribution in [0.25, 0.3) is 0 Å². The van der Waals surface area contributed by atoms with Crippen molar-refractivity contribution in [3.05, 3.63) is 0 Å². The minimum atomic E-state index is -0.715. The molecule has 0 saturated carbocycles. The van der Waals surface area contributed by atoms with Gasteiger partial charge in [-0.3, -0.25) is 19.6 Å². The highest BCUT2D eigenvalue weighted by Gasteiger charge is 2.55. The monoisotopic (exact) mass is 282 g/mol. The number of nitrogens with two attached hydrogens (primary N) is 2. The zero-order valence-corrected chi connectivity index (χ0v) is 11.9. The van der Waals surface area contributed by atoms with Gasteiger partial charge in [-0.15, -0.1) is 0 Å².